The fourth-order valence-corrected chi connectivity index (χ4v) is 2.75. The van der Waals surface area contributed by atoms with Gasteiger partial charge in [-0.3, -0.25) is 9.59 Å². The van der Waals surface area contributed by atoms with Crippen molar-refractivity contribution in [2.24, 2.45) is 5.41 Å². The van der Waals surface area contributed by atoms with Crippen molar-refractivity contribution in [2.75, 3.05) is 18.1 Å². The Balaban J connectivity index is 2.57. The van der Waals surface area contributed by atoms with Gasteiger partial charge in [-0.2, -0.15) is 11.8 Å². The van der Waals surface area contributed by atoms with Crippen LogP contribution in [0, 0.1) is 5.41 Å². The van der Waals surface area contributed by atoms with E-state index in [1.54, 1.807) is 27.7 Å². The van der Waals surface area contributed by atoms with Crippen LogP contribution in [0.3, 0.4) is 0 Å². The first-order valence-corrected chi connectivity index (χ1v) is 7.68. The molecule has 3 N–H and O–H groups in total. The van der Waals surface area contributed by atoms with E-state index in [4.69, 9.17) is 0 Å². The molecule has 0 aromatic heterocycles. The Morgan fingerprint density at radius 3 is 2.47 bits per heavy atom. The van der Waals surface area contributed by atoms with Gasteiger partial charge in [0.1, 0.15) is 0 Å². The van der Waals surface area contributed by atoms with Crippen molar-refractivity contribution < 1.29 is 14.7 Å². The Labute approximate surface area is 118 Å². The van der Waals surface area contributed by atoms with Crippen molar-refractivity contribution in [3.8, 4) is 0 Å². The highest BCUT2D eigenvalue weighted by molar-refractivity contribution is 7.99. The molecule has 0 aromatic rings. The molecule has 0 aromatic carbocycles. The van der Waals surface area contributed by atoms with Crippen LogP contribution >= 0.6 is 11.8 Å². The van der Waals surface area contributed by atoms with E-state index >= 15 is 0 Å². The normalized spacial score (nSPS) is 20.9. The summed E-state index contributed by atoms with van der Waals surface area (Å²) >= 11 is 1.84. The maximum Gasteiger partial charge on any atom is 0.311 e. The second kappa shape index (κ2) is 6.13. The number of amides is 1. The molecule has 0 saturated carbocycles. The SMILES string of the molecule is CC(C)(NC(=O)CC1CSCCN1)C(C)(C)C(=O)O. The summed E-state index contributed by atoms with van der Waals surface area (Å²) < 4.78 is 0. The minimum absolute atomic E-state index is 0.0978. The van der Waals surface area contributed by atoms with E-state index in [1.165, 1.54) is 0 Å². The van der Waals surface area contributed by atoms with Crippen LogP contribution in [0.25, 0.3) is 0 Å². The number of carboxylic acid groups (broad SMARTS) is 1. The van der Waals surface area contributed by atoms with E-state index < -0.39 is 16.9 Å². The van der Waals surface area contributed by atoms with Crippen LogP contribution in [0.4, 0.5) is 0 Å². The van der Waals surface area contributed by atoms with Crippen LogP contribution in [0.5, 0.6) is 0 Å². The molecule has 1 saturated heterocycles. The smallest absolute Gasteiger partial charge is 0.311 e. The van der Waals surface area contributed by atoms with Crippen molar-refractivity contribution in [3.63, 3.8) is 0 Å². The third-order valence-corrected chi connectivity index (χ3v) is 5.11. The predicted molar refractivity (Wildman–Crippen MR) is 77.4 cm³/mol. The molecular formula is C13H24N2O3S. The molecule has 1 aliphatic heterocycles. The van der Waals surface area contributed by atoms with Crippen molar-refractivity contribution >= 4 is 23.6 Å². The summed E-state index contributed by atoms with van der Waals surface area (Å²) in [5.74, 6) is 0.995. The van der Waals surface area contributed by atoms with Crippen LogP contribution in [0.1, 0.15) is 34.1 Å². The third-order valence-electron chi connectivity index (χ3n) is 3.98. The van der Waals surface area contributed by atoms with Crippen molar-refractivity contribution in [1.29, 1.82) is 0 Å². The quantitative estimate of drug-likeness (QED) is 0.706. The number of rotatable bonds is 5. The number of hydrogen-bond acceptors (Lipinski definition) is 4. The summed E-state index contributed by atoms with van der Waals surface area (Å²) in [6.45, 7) is 7.69. The highest BCUT2D eigenvalue weighted by atomic mass is 32.2. The fraction of sp³-hybridized carbons (Fsp3) is 0.846. The van der Waals surface area contributed by atoms with Crippen molar-refractivity contribution in [1.82, 2.24) is 10.6 Å². The molecule has 5 nitrogen and oxygen atoms in total. The Morgan fingerprint density at radius 2 is 2.00 bits per heavy atom. The van der Waals surface area contributed by atoms with Gasteiger partial charge < -0.3 is 15.7 Å². The molecule has 6 heteroatoms. The van der Waals surface area contributed by atoms with Crippen molar-refractivity contribution in [3.05, 3.63) is 0 Å². The molecule has 0 spiro atoms. The summed E-state index contributed by atoms with van der Waals surface area (Å²) in [7, 11) is 0. The van der Waals surface area contributed by atoms with Gasteiger partial charge in [-0.25, -0.2) is 0 Å². The lowest BCUT2D eigenvalue weighted by Crippen LogP contribution is -2.57. The highest BCUT2D eigenvalue weighted by Crippen LogP contribution is 2.30. The van der Waals surface area contributed by atoms with Gasteiger partial charge in [0.05, 0.1) is 5.41 Å². The number of hydrogen-bond donors (Lipinski definition) is 3. The zero-order chi connectivity index (χ0) is 14.7. The lowest BCUT2D eigenvalue weighted by Gasteiger charge is -2.39. The fourth-order valence-electron chi connectivity index (χ4n) is 1.80. The third kappa shape index (κ3) is 4.11. The molecule has 1 fully saturated rings. The largest absolute Gasteiger partial charge is 0.481 e. The van der Waals surface area contributed by atoms with Gasteiger partial charge in [0, 0.05) is 36.1 Å². The van der Waals surface area contributed by atoms with Gasteiger partial charge >= 0.3 is 5.97 Å². The van der Waals surface area contributed by atoms with Gasteiger partial charge in [0.2, 0.25) is 5.91 Å². The lowest BCUT2D eigenvalue weighted by molar-refractivity contribution is -0.151. The molecule has 1 unspecified atom stereocenters. The monoisotopic (exact) mass is 288 g/mol. The molecule has 1 rings (SSSR count). The van der Waals surface area contributed by atoms with Crippen LogP contribution in [-0.2, 0) is 9.59 Å². The summed E-state index contributed by atoms with van der Waals surface area (Å²) in [5, 5.41) is 15.4. The first-order valence-electron chi connectivity index (χ1n) is 6.52. The molecule has 0 aliphatic carbocycles. The van der Waals surface area contributed by atoms with E-state index in [0.29, 0.717) is 6.42 Å². The average molecular weight is 288 g/mol. The Morgan fingerprint density at radius 1 is 1.37 bits per heavy atom. The van der Waals surface area contributed by atoms with Gasteiger partial charge in [0.25, 0.3) is 0 Å². The Kier molecular flexibility index (Phi) is 5.26. The first kappa shape index (κ1) is 16.3. The first-order chi connectivity index (χ1) is 8.67. The maximum absolute atomic E-state index is 12.0. The molecule has 0 bridgehead atoms. The predicted octanol–water partition coefficient (Wildman–Crippen LogP) is 1.09. The van der Waals surface area contributed by atoms with Gasteiger partial charge in [0.15, 0.2) is 0 Å². The van der Waals surface area contributed by atoms with E-state index in [1.807, 2.05) is 11.8 Å². The molecule has 110 valence electrons. The number of carbonyl (C=O) groups excluding carboxylic acids is 1. The van der Waals surface area contributed by atoms with E-state index in [2.05, 4.69) is 10.6 Å². The van der Waals surface area contributed by atoms with Crippen LogP contribution in [-0.4, -0.2) is 46.6 Å². The van der Waals surface area contributed by atoms with Gasteiger partial charge in [-0.05, 0) is 27.7 Å². The molecule has 1 heterocycles. The van der Waals surface area contributed by atoms with Gasteiger partial charge in [-0.1, -0.05) is 0 Å². The summed E-state index contributed by atoms with van der Waals surface area (Å²) in [4.78, 5) is 23.3. The number of aliphatic carboxylic acids is 1. The van der Waals surface area contributed by atoms with Crippen LogP contribution in [0.2, 0.25) is 0 Å². The zero-order valence-electron chi connectivity index (χ0n) is 12.1. The average Bonchev–Trinajstić information content (AvgIpc) is 2.28. The van der Waals surface area contributed by atoms with E-state index in [-0.39, 0.29) is 11.9 Å². The topological polar surface area (TPSA) is 78.4 Å². The summed E-state index contributed by atoms with van der Waals surface area (Å²) in [6, 6.07) is 0.183. The van der Waals surface area contributed by atoms with Gasteiger partial charge in [-0.15, -0.1) is 0 Å². The zero-order valence-corrected chi connectivity index (χ0v) is 12.9. The van der Waals surface area contributed by atoms with E-state index in [9.17, 15) is 14.7 Å². The Bertz CT molecular complexity index is 350. The molecule has 1 amide bonds. The summed E-state index contributed by atoms with van der Waals surface area (Å²) in [5.41, 5.74) is -1.81. The number of carbonyl (C=O) groups is 2. The molecule has 1 aliphatic rings. The minimum atomic E-state index is -1.02. The number of carboxylic acids is 1. The molecular weight excluding hydrogens is 264 g/mol. The van der Waals surface area contributed by atoms with Crippen LogP contribution < -0.4 is 10.6 Å². The Hall–Kier alpha value is -0.750. The van der Waals surface area contributed by atoms with Crippen LogP contribution in [0.15, 0.2) is 0 Å². The van der Waals surface area contributed by atoms with Crippen molar-refractivity contribution in [2.45, 2.75) is 45.7 Å². The highest BCUT2D eigenvalue weighted by Gasteiger charge is 2.44. The molecule has 1 atom stereocenters. The number of thioether (sulfide) groups is 1. The maximum atomic E-state index is 12.0. The second-order valence-corrected chi connectivity index (χ2v) is 7.18. The lowest BCUT2D eigenvalue weighted by atomic mass is 9.74. The minimum Gasteiger partial charge on any atom is -0.481 e. The molecule has 0 radical (unpaired) electrons. The van der Waals surface area contributed by atoms with E-state index in [0.717, 1.165) is 18.1 Å². The summed E-state index contributed by atoms with van der Waals surface area (Å²) in [6.07, 6.45) is 0.395. The standard InChI is InChI=1S/C13H24N2O3S/c1-12(2,11(17)18)13(3,4)15-10(16)7-9-8-19-6-5-14-9/h9,14H,5-8H2,1-4H3,(H,15,16)(H,17,18). The number of nitrogens with one attached hydrogen (secondary N) is 2. The molecule has 19 heavy (non-hydrogen) atoms. The second-order valence-electron chi connectivity index (χ2n) is 6.03.